The van der Waals surface area contributed by atoms with E-state index < -0.39 is 5.54 Å². The van der Waals surface area contributed by atoms with Crippen molar-refractivity contribution in [2.24, 2.45) is 0 Å². The van der Waals surface area contributed by atoms with E-state index >= 15 is 0 Å². The second kappa shape index (κ2) is 6.21. The molecule has 1 atom stereocenters. The van der Waals surface area contributed by atoms with Crippen molar-refractivity contribution in [1.82, 2.24) is 10.9 Å². The topological polar surface area (TPSA) is 54.3 Å². The van der Waals surface area contributed by atoms with E-state index in [1.807, 2.05) is 37.3 Å². The van der Waals surface area contributed by atoms with Gasteiger partial charge in [-0.05, 0) is 37.6 Å². The highest BCUT2D eigenvalue weighted by molar-refractivity contribution is 5.93. The van der Waals surface area contributed by atoms with E-state index in [1.165, 1.54) is 0 Å². The molecule has 0 saturated carbocycles. The zero-order chi connectivity index (χ0) is 14.4. The molecule has 1 unspecified atom stereocenters. The van der Waals surface area contributed by atoms with E-state index in [0.29, 0.717) is 12.0 Å². The first-order chi connectivity index (χ1) is 9.65. The van der Waals surface area contributed by atoms with E-state index in [2.05, 4.69) is 17.4 Å². The van der Waals surface area contributed by atoms with Crippen molar-refractivity contribution < 1.29 is 9.21 Å². The van der Waals surface area contributed by atoms with Gasteiger partial charge < -0.3 is 4.42 Å². The van der Waals surface area contributed by atoms with Gasteiger partial charge in [-0.3, -0.25) is 10.2 Å². The molecule has 1 amide bonds. The summed E-state index contributed by atoms with van der Waals surface area (Å²) in [5.41, 5.74) is 5.81. The number of hydrogen-bond donors (Lipinski definition) is 2. The number of hydrogen-bond acceptors (Lipinski definition) is 3. The van der Waals surface area contributed by atoms with Gasteiger partial charge in [-0.2, -0.15) is 0 Å². The zero-order valence-corrected chi connectivity index (χ0v) is 11.4. The molecule has 2 N–H and O–H groups in total. The molecule has 0 radical (unpaired) electrons. The highest BCUT2D eigenvalue weighted by Crippen LogP contribution is 2.24. The maximum Gasteiger partial charge on any atom is 0.265 e. The average molecular weight is 270 g/mol. The Morgan fingerprint density at radius 1 is 1.30 bits per heavy atom. The number of amides is 1. The number of hydrazine groups is 1. The third-order valence-corrected chi connectivity index (χ3v) is 3.11. The second-order valence-electron chi connectivity index (χ2n) is 4.75. The van der Waals surface area contributed by atoms with Crippen LogP contribution >= 0.6 is 0 Å². The summed E-state index contributed by atoms with van der Waals surface area (Å²) in [7, 11) is 0. The van der Waals surface area contributed by atoms with E-state index in [0.717, 1.165) is 5.76 Å². The Labute approximate surface area is 118 Å². The van der Waals surface area contributed by atoms with Crippen LogP contribution in [-0.4, -0.2) is 5.91 Å². The minimum Gasteiger partial charge on any atom is -0.467 e. The van der Waals surface area contributed by atoms with E-state index in [1.54, 1.807) is 24.5 Å². The molecule has 0 spiro atoms. The van der Waals surface area contributed by atoms with Gasteiger partial charge in [-0.15, -0.1) is 6.58 Å². The molecule has 1 aromatic heterocycles. The molecule has 20 heavy (non-hydrogen) atoms. The predicted molar refractivity (Wildman–Crippen MR) is 77.9 cm³/mol. The Hall–Kier alpha value is -2.33. The summed E-state index contributed by atoms with van der Waals surface area (Å²) in [6.07, 6.45) is 4.01. The fourth-order valence-corrected chi connectivity index (χ4v) is 1.95. The molecule has 0 aliphatic heterocycles. The lowest BCUT2D eigenvalue weighted by Gasteiger charge is -2.27. The lowest BCUT2D eigenvalue weighted by Crippen LogP contribution is -2.50. The highest BCUT2D eigenvalue weighted by Gasteiger charge is 2.28. The molecule has 104 valence electrons. The number of carbonyl (C=O) groups is 1. The van der Waals surface area contributed by atoms with Gasteiger partial charge in [0.15, 0.2) is 0 Å². The van der Waals surface area contributed by atoms with Crippen molar-refractivity contribution >= 4 is 5.91 Å². The van der Waals surface area contributed by atoms with Gasteiger partial charge in [0.25, 0.3) is 5.91 Å². The second-order valence-corrected chi connectivity index (χ2v) is 4.75. The minimum atomic E-state index is -0.532. The summed E-state index contributed by atoms with van der Waals surface area (Å²) < 4.78 is 5.43. The van der Waals surface area contributed by atoms with Gasteiger partial charge in [0.2, 0.25) is 0 Å². The normalized spacial score (nSPS) is 13.4. The van der Waals surface area contributed by atoms with Crippen LogP contribution in [0.2, 0.25) is 0 Å². The molecular weight excluding hydrogens is 252 g/mol. The fraction of sp³-hybridized carbons (Fsp3) is 0.188. The van der Waals surface area contributed by atoms with Crippen molar-refractivity contribution in [3.8, 4) is 0 Å². The number of benzene rings is 1. The van der Waals surface area contributed by atoms with Crippen LogP contribution in [0.15, 0.2) is 65.8 Å². The molecule has 4 nitrogen and oxygen atoms in total. The van der Waals surface area contributed by atoms with E-state index in [-0.39, 0.29) is 5.91 Å². The SMILES string of the molecule is C=CCC(C)(NNC(=O)c1ccccc1)c1ccco1. The quantitative estimate of drug-likeness (QED) is 0.626. The van der Waals surface area contributed by atoms with Crippen LogP contribution in [0.25, 0.3) is 0 Å². The predicted octanol–water partition coefficient (Wildman–Crippen LogP) is 3.01. The van der Waals surface area contributed by atoms with Crippen LogP contribution in [0.5, 0.6) is 0 Å². The van der Waals surface area contributed by atoms with Crippen molar-refractivity contribution in [3.05, 3.63) is 72.7 Å². The fourth-order valence-electron chi connectivity index (χ4n) is 1.95. The van der Waals surface area contributed by atoms with E-state index in [9.17, 15) is 4.79 Å². The molecule has 4 heteroatoms. The number of furan rings is 1. The number of carbonyl (C=O) groups excluding carboxylic acids is 1. The average Bonchev–Trinajstić information content (AvgIpc) is 3.01. The first kappa shape index (κ1) is 14.1. The Morgan fingerprint density at radius 2 is 2.05 bits per heavy atom. The monoisotopic (exact) mass is 270 g/mol. The molecule has 2 rings (SSSR count). The van der Waals surface area contributed by atoms with Gasteiger partial charge in [-0.1, -0.05) is 24.3 Å². The van der Waals surface area contributed by atoms with Crippen molar-refractivity contribution in [2.75, 3.05) is 0 Å². The molecular formula is C16H18N2O2. The molecule has 1 aromatic carbocycles. The Kier molecular flexibility index (Phi) is 4.38. The highest BCUT2D eigenvalue weighted by atomic mass is 16.3. The summed E-state index contributed by atoms with van der Waals surface area (Å²) in [4.78, 5) is 12.0. The van der Waals surface area contributed by atoms with Crippen molar-refractivity contribution in [3.63, 3.8) is 0 Å². The largest absolute Gasteiger partial charge is 0.467 e. The maximum absolute atomic E-state index is 12.0. The van der Waals surface area contributed by atoms with Gasteiger partial charge in [0.05, 0.1) is 11.8 Å². The molecule has 0 bridgehead atoms. The van der Waals surface area contributed by atoms with Crippen LogP contribution in [0.4, 0.5) is 0 Å². The zero-order valence-electron chi connectivity index (χ0n) is 11.4. The summed E-state index contributed by atoms with van der Waals surface area (Å²) in [5.74, 6) is 0.554. The summed E-state index contributed by atoms with van der Waals surface area (Å²) in [6.45, 7) is 5.69. The Morgan fingerprint density at radius 3 is 2.65 bits per heavy atom. The van der Waals surface area contributed by atoms with Crippen LogP contribution in [0.3, 0.4) is 0 Å². The molecule has 1 heterocycles. The molecule has 0 fully saturated rings. The lowest BCUT2D eigenvalue weighted by atomic mass is 9.95. The Balaban J connectivity index is 2.07. The Bertz CT molecular complexity index is 563. The summed E-state index contributed by atoms with van der Waals surface area (Å²) in [6, 6.07) is 12.7. The van der Waals surface area contributed by atoms with Crippen molar-refractivity contribution in [1.29, 1.82) is 0 Å². The molecule has 0 aliphatic rings. The number of nitrogens with one attached hydrogen (secondary N) is 2. The van der Waals surface area contributed by atoms with Gasteiger partial charge in [-0.25, -0.2) is 5.43 Å². The lowest BCUT2D eigenvalue weighted by molar-refractivity contribution is 0.0900. The third kappa shape index (κ3) is 3.16. The van der Waals surface area contributed by atoms with Crippen LogP contribution in [0, 0.1) is 0 Å². The molecule has 2 aromatic rings. The number of rotatable bonds is 6. The molecule has 0 aliphatic carbocycles. The van der Waals surface area contributed by atoms with Gasteiger partial charge in [0, 0.05) is 5.56 Å². The summed E-state index contributed by atoms with van der Waals surface area (Å²) in [5, 5.41) is 0. The van der Waals surface area contributed by atoms with Gasteiger partial charge >= 0.3 is 0 Å². The van der Waals surface area contributed by atoms with Crippen LogP contribution in [-0.2, 0) is 5.54 Å². The minimum absolute atomic E-state index is 0.188. The van der Waals surface area contributed by atoms with E-state index in [4.69, 9.17) is 4.42 Å². The van der Waals surface area contributed by atoms with Crippen molar-refractivity contribution in [2.45, 2.75) is 18.9 Å². The standard InChI is InChI=1S/C16H18N2O2/c1-3-11-16(2,14-10-7-12-20-14)18-17-15(19)13-8-5-4-6-9-13/h3-10,12,18H,1,11H2,2H3,(H,17,19). The first-order valence-corrected chi connectivity index (χ1v) is 6.43. The maximum atomic E-state index is 12.0. The smallest absolute Gasteiger partial charge is 0.265 e. The molecule has 0 saturated heterocycles. The van der Waals surface area contributed by atoms with Gasteiger partial charge in [0.1, 0.15) is 5.76 Å². The summed E-state index contributed by atoms with van der Waals surface area (Å²) >= 11 is 0. The van der Waals surface area contributed by atoms with Crippen LogP contribution < -0.4 is 10.9 Å². The first-order valence-electron chi connectivity index (χ1n) is 6.43. The third-order valence-electron chi connectivity index (χ3n) is 3.11. The van der Waals surface area contributed by atoms with Crippen LogP contribution in [0.1, 0.15) is 29.5 Å².